The van der Waals surface area contributed by atoms with Crippen LogP contribution in [0.3, 0.4) is 0 Å². The van der Waals surface area contributed by atoms with Gasteiger partial charge in [0.05, 0.1) is 6.54 Å². The van der Waals surface area contributed by atoms with E-state index in [1.165, 1.54) is 11.1 Å². The molecule has 0 amide bonds. The van der Waals surface area contributed by atoms with Gasteiger partial charge in [0.1, 0.15) is 11.9 Å². The van der Waals surface area contributed by atoms with Crippen molar-refractivity contribution in [3.63, 3.8) is 0 Å². The molecule has 1 saturated heterocycles. The average Bonchev–Trinajstić information content (AvgIpc) is 3.06. The first-order chi connectivity index (χ1) is 12.7. The Kier molecular flexibility index (Phi) is 5.09. The number of anilines is 1. The van der Waals surface area contributed by atoms with Crippen LogP contribution >= 0.6 is 15.9 Å². The van der Waals surface area contributed by atoms with Crippen LogP contribution < -0.4 is 10.1 Å². The fraction of sp³-hybridized carbons (Fsp3) is 0.286. The summed E-state index contributed by atoms with van der Waals surface area (Å²) in [6.45, 7) is 2.80. The molecule has 26 heavy (non-hydrogen) atoms. The number of nitrogens with one attached hydrogen (secondary N) is 1. The minimum Gasteiger partial charge on any atom is -0.489 e. The number of benzene rings is 2. The van der Waals surface area contributed by atoms with Gasteiger partial charge in [0, 0.05) is 35.7 Å². The maximum Gasteiger partial charge on any atom is 0.119 e. The summed E-state index contributed by atoms with van der Waals surface area (Å²) in [5.41, 5.74) is 4.59. The van der Waals surface area contributed by atoms with Crippen LogP contribution in [0.5, 0.6) is 5.75 Å². The molecular formula is C21H22BrN3O. The Morgan fingerprint density at radius 2 is 2.08 bits per heavy atom. The molecule has 0 saturated carbocycles. The molecule has 0 aromatic heterocycles. The first-order valence-electron chi connectivity index (χ1n) is 8.88. The Morgan fingerprint density at radius 3 is 2.85 bits per heavy atom. The number of aliphatic imine (C=N–C) groups is 1. The van der Waals surface area contributed by atoms with Gasteiger partial charge >= 0.3 is 0 Å². The van der Waals surface area contributed by atoms with Gasteiger partial charge in [-0.15, -0.1) is 0 Å². The molecule has 5 heteroatoms. The lowest BCUT2D eigenvalue weighted by Gasteiger charge is -2.15. The van der Waals surface area contributed by atoms with Gasteiger partial charge in [-0.05, 0) is 66.6 Å². The van der Waals surface area contributed by atoms with Crippen molar-refractivity contribution in [2.24, 2.45) is 4.99 Å². The molecule has 0 aliphatic carbocycles. The van der Waals surface area contributed by atoms with Crippen LogP contribution in [0.2, 0.25) is 0 Å². The third-order valence-corrected chi connectivity index (χ3v) is 5.26. The fourth-order valence-electron chi connectivity index (χ4n) is 3.35. The van der Waals surface area contributed by atoms with Crippen molar-refractivity contribution in [3.8, 4) is 5.75 Å². The monoisotopic (exact) mass is 411 g/mol. The van der Waals surface area contributed by atoms with Crippen molar-refractivity contribution < 1.29 is 4.74 Å². The zero-order chi connectivity index (χ0) is 17.9. The number of rotatable bonds is 4. The van der Waals surface area contributed by atoms with E-state index >= 15 is 0 Å². The minimum atomic E-state index is 0.302. The lowest BCUT2D eigenvalue weighted by molar-refractivity contribution is 0.208. The standard InChI is InChI=1S/C21H22BrN3O/c1-25-9-8-20(14-25)26-19-6-4-18(5-7-19)24-13-16-12-23-11-15-2-3-17(22)10-21(15)16/h2-7,10-11,13,20,24H,8-9,12,14H2,1H3/b16-13+. The van der Waals surface area contributed by atoms with Gasteiger partial charge in [-0.1, -0.05) is 22.0 Å². The van der Waals surface area contributed by atoms with Gasteiger partial charge in [-0.2, -0.15) is 0 Å². The third kappa shape index (κ3) is 4.00. The first kappa shape index (κ1) is 17.3. The molecule has 2 heterocycles. The molecule has 1 unspecified atom stereocenters. The molecule has 1 fully saturated rings. The largest absolute Gasteiger partial charge is 0.489 e. The SMILES string of the molecule is CN1CCC(Oc2ccc(N/C=C3\CN=Cc4ccc(Br)cc43)cc2)C1. The number of likely N-dealkylation sites (tertiary alicyclic amines) is 1. The number of fused-ring (bicyclic) bond motifs is 1. The van der Waals surface area contributed by atoms with Crippen molar-refractivity contribution in [2.75, 3.05) is 32.0 Å². The molecule has 1 N–H and O–H groups in total. The van der Waals surface area contributed by atoms with Gasteiger partial charge in [-0.3, -0.25) is 4.99 Å². The molecule has 2 aliphatic rings. The molecule has 2 aromatic carbocycles. The van der Waals surface area contributed by atoms with Crippen LogP contribution in [-0.4, -0.2) is 43.9 Å². The van der Waals surface area contributed by atoms with Crippen LogP contribution in [0, 0.1) is 0 Å². The van der Waals surface area contributed by atoms with Crippen molar-refractivity contribution in [1.82, 2.24) is 4.90 Å². The number of ether oxygens (including phenoxy) is 1. The molecule has 2 aromatic rings. The van der Waals surface area contributed by atoms with Crippen LogP contribution in [-0.2, 0) is 0 Å². The van der Waals surface area contributed by atoms with Crippen LogP contribution in [0.1, 0.15) is 17.5 Å². The van der Waals surface area contributed by atoms with Crippen LogP contribution in [0.25, 0.3) is 5.57 Å². The third-order valence-electron chi connectivity index (χ3n) is 4.77. The van der Waals surface area contributed by atoms with Gasteiger partial charge in [0.15, 0.2) is 0 Å². The highest BCUT2D eigenvalue weighted by Crippen LogP contribution is 2.26. The predicted octanol–water partition coefficient (Wildman–Crippen LogP) is 4.42. The van der Waals surface area contributed by atoms with Gasteiger partial charge in [0.25, 0.3) is 0 Å². The zero-order valence-corrected chi connectivity index (χ0v) is 16.4. The van der Waals surface area contributed by atoms with E-state index in [0.29, 0.717) is 12.6 Å². The van der Waals surface area contributed by atoms with E-state index in [1.807, 2.05) is 30.6 Å². The predicted molar refractivity (Wildman–Crippen MR) is 111 cm³/mol. The number of halogens is 1. The summed E-state index contributed by atoms with van der Waals surface area (Å²) < 4.78 is 7.13. The van der Waals surface area contributed by atoms with E-state index in [-0.39, 0.29) is 0 Å². The molecule has 1 atom stereocenters. The van der Waals surface area contributed by atoms with Crippen molar-refractivity contribution in [1.29, 1.82) is 0 Å². The second-order valence-electron chi connectivity index (χ2n) is 6.83. The van der Waals surface area contributed by atoms with Gasteiger partial charge < -0.3 is 15.0 Å². The van der Waals surface area contributed by atoms with E-state index < -0.39 is 0 Å². The molecule has 2 aliphatic heterocycles. The van der Waals surface area contributed by atoms with Crippen molar-refractivity contribution >= 4 is 33.4 Å². The van der Waals surface area contributed by atoms with E-state index in [2.05, 4.69) is 62.5 Å². The Labute approximate surface area is 162 Å². The molecule has 0 radical (unpaired) electrons. The van der Waals surface area contributed by atoms with Gasteiger partial charge in [-0.25, -0.2) is 0 Å². The van der Waals surface area contributed by atoms with Gasteiger partial charge in [0.2, 0.25) is 0 Å². The Hall–Kier alpha value is -2.11. The molecule has 0 spiro atoms. The minimum absolute atomic E-state index is 0.302. The maximum absolute atomic E-state index is 6.05. The normalized spacial score (nSPS) is 21.0. The summed E-state index contributed by atoms with van der Waals surface area (Å²) in [5.74, 6) is 0.931. The molecule has 4 rings (SSSR count). The smallest absolute Gasteiger partial charge is 0.119 e. The van der Waals surface area contributed by atoms with Crippen LogP contribution in [0.15, 0.2) is 58.1 Å². The number of hydrogen-bond donors (Lipinski definition) is 1. The summed E-state index contributed by atoms with van der Waals surface area (Å²) in [4.78, 5) is 6.75. The van der Waals surface area contributed by atoms with Crippen molar-refractivity contribution in [2.45, 2.75) is 12.5 Å². The number of hydrogen-bond acceptors (Lipinski definition) is 4. The van der Waals surface area contributed by atoms with Crippen molar-refractivity contribution in [3.05, 3.63) is 64.3 Å². The lowest BCUT2D eigenvalue weighted by Crippen LogP contribution is -2.21. The molecule has 4 nitrogen and oxygen atoms in total. The Morgan fingerprint density at radius 1 is 1.23 bits per heavy atom. The Balaban J connectivity index is 1.43. The van der Waals surface area contributed by atoms with E-state index in [9.17, 15) is 0 Å². The van der Waals surface area contributed by atoms with Crippen LogP contribution in [0.4, 0.5) is 5.69 Å². The highest BCUT2D eigenvalue weighted by atomic mass is 79.9. The second kappa shape index (κ2) is 7.64. The second-order valence-corrected chi connectivity index (χ2v) is 7.75. The lowest BCUT2D eigenvalue weighted by atomic mass is 9.99. The fourth-order valence-corrected chi connectivity index (χ4v) is 3.71. The van der Waals surface area contributed by atoms with E-state index in [4.69, 9.17) is 4.74 Å². The molecule has 134 valence electrons. The topological polar surface area (TPSA) is 36.9 Å². The molecular weight excluding hydrogens is 390 g/mol. The number of nitrogens with zero attached hydrogens (tertiary/aromatic N) is 2. The summed E-state index contributed by atoms with van der Waals surface area (Å²) >= 11 is 3.55. The first-order valence-corrected chi connectivity index (χ1v) is 9.67. The molecule has 0 bridgehead atoms. The quantitative estimate of drug-likeness (QED) is 0.808. The van der Waals surface area contributed by atoms with E-state index in [0.717, 1.165) is 41.0 Å². The maximum atomic E-state index is 6.05. The number of likely N-dealkylation sites (N-methyl/N-ethyl adjacent to an activating group) is 1. The highest BCUT2D eigenvalue weighted by Gasteiger charge is 2.20. The summed E-state index contributed by atoms with van der Waals surface area (Å²) in [5, 5.41) is 3.39. The average molecular weight is 412 g/mol. The highest BCUT2D eigenvalue weighted by molar-refractivity contribution is 9.10. The Bertz CT molecular complexity index is 845. The van der Waals surface area contributed by atoms with E-state index in [1.54, 1.807) is 0 Å². The summed E-state index contributed by atoms with van der Waals surface area (Å²) in [7, 11) is 2.13. The zero-order valence-electron chi connectivity index (χ0n) is 14.8. The summed E-state index contributed by atoms with van der Waals surface area (Å²) in [6.07, 6.45) is 5.38. The summed E-state index contributed by atoms with van der Waals surface area (Å²) in [6, 6.07) is 14.4.